The summed E-state index contributed by atoms with van der Waals surface area (Å²) in [4.78, 5) is 13.6. The van der Waals surface area contributed by atoms with Crippen molar-refractivity contribution in [1.29, 1.82) is 0 Å². The molecule has 126 valence electrons. The third kappa shape index (κ3) is 3.49. The van der Waals surface area contributed by atoms with Crippen molar-refractivity contribution < 1.29 is 9.18 Å². The van der Waals surface area contributed by atoms with Crippen LogP contribution in [0.25, 0.3) is 0 Å². The highest BCUT2D eigenvalue weighted by Crippen LogP contribution is 2.31. The fourth-order valence-corrected chi connectivity index (χ4v) is 4.01. The van der Waals surface area contributed by atoms with E-state index in [1.165, 1.54) is 4.90 Å². The highest BCUT2D eigenvalue weighted by molar-refractivity contribution is 8.02. The van der Waals surface area contributed by atoms with Gasteiger partial charge in [-0.05, 0) is 29.3 Å². The number of carbonyl (C=O) groups is 1. The molecule has 8 heteroatoms. The van der Waals surface area contributed by atoms with Crippen molar-refractivity contribution in [3.63, 3.8) is 0 Å². The first-order valence-corrected chi connectivity index (χ1v) is 9.31. The van der Waals surface area contributed by atoms with Gasteiger partial charge in [0.25, 0.3) is 5.91 Å². The number of alkyl halides is 1. The summed E-state index contributed by atoms with van der Waals surface area (Å²) in [6.45, 7) is 0. The van der Waals surface area contributed by atoms with E-state index in [0.717, 1.165) is 23.3 Å². The molecule has 24 heavy (non-hydrogen) atoms. The Morgan fingerprint density at radius 1 is 1.42 bits per heavy atom. The van der Waals surface area contributed by atoms with E-state index in [0.29, 0.717) is 10.8 Å². The van der Waals surface area contributed by atoms with E-state index in [-0.39, 0.29) is 5.92 Å². The fourth-order valence-electron chi connectivity index (χ4n) is 2.35. The summed E-state index contributed by atoms with van der Waals surface area (Å²) in [5.41, 5.74) is -1.09. The van der Waals surface area contributed by atoms with Crippen LogP contribution in [-0.4, -0.2) is 39.0 Å². The number of hydrogen-bond donors (Lipinski definition) is 0. The number of rotatable bonds is 5. The van der Waals surface area contributed by atoms with Crippen molar-refractivity contribution >= 4 is 35.1 Å². The molecule has 0 radical (unpaired) electrons. The maximum atomic E-state index is 14.5. The summed E-state index contributed by atoms with van der Waals surface area (Å²) < 4.78 is 16.2. The first kappa shape index (κ1) is 17.0. The number of aromatic nitrogens is 3. The second-order valence-electron chi connectivity index (χ2n) is 5.33. The Balaban J connectivity index is 1.69. The van der Waals surface area contributed by atoms with E-state index in [1.54, 1.807) is 42.6 Å². The third-order valence-electron chi connectivity index (χ3n) is 3.76. The van der Waals surface area contributed by atoms with Crippen LogP contribution in [0.4, 0.5) is 10.1 Å². The van der Waals surface area contributed by atoms with Crippen LogP contribution in [0.5, 0.6) is 0 Å². The lowest BCUT2D eigenvalue weighted by molar-refractivity contribution is -0.120. The predicted molar refractivity (Wildman–Crippen MR) is 95.9 cm³/mol. The molecule has 0 spiro atoms. The van der Waals surface area contributed by atoms with Crippen LogP contribution in [0.2, 0.25) is 0 Å². The maximum Gasteiger partial charge on any atom is 0.272 e. The van der Waals surface area contributed by atoms with Crippen LogP contribution in [0.15, 0.2) is 47.0 Å². The number of thioether (sulfide) groups is 2. The van der Waals surface area contributed by atoms with Crippen LogP contribution in [-0.2, 0) is 11.8 Å². The Kier molecular flexibility index (Phi) is 5.25. The number of nitrogens with zero attached hydrogens (tertiary/aromatic N) is 4. The lowest BCUT2D eigenvalue weighted by Gasteiger charge is -2.19. The second-order valence-corrected chi connectivity index (χ2v) is 7.29. The molecular formula is C16H17FN4OS2. The van der Waals surface area contributed by atoms with Crippen LogP contribution >= 0.6 is 23.5 Å². The van der Waals surface area contributed by atoms with Gasteiger partial charge in [-0.15, -0.1) is 22.0 Å². The highest BCUT2D eigenvalue weighted by Gasteiger charge is 2.27. The molecule has 1 amide bonds. The lowest BCUT2D eigenvalue weighted by Crippen LogP contribution is -2.32. The van der Waals surface area contributed by atoms with E-state index in [1.807, 2.05) is 23.6 Å². The van der Waals surface area contributed by atoms with Gasteiger partial charge in [0.15, 0.2) is 5.16 Å². The maximum absolute atomic E-state index is 14.5. The van der Waals surface area contributed by atoms with Gasteiger partial charge in [0, 0.05) is 31.5 Å². The molecule has 0 saturated carbocycles. The first-order valence-electron chi connectivity index (χ1n) is 7.39. The van der Waals surface area contributed by atoms with E-state index < -0.39 is 11.4 Å². The van der Waals surface area contributed by atoms with Crippen molar-refractivity contribution in [2.45, 2.75) is 16.6 Å². The van der Waals surface area contributed by atoms with Gasteiger partial charge in [-0.1, -0.05) is 24.3 Å². The Morgan fingerprint density at radius 2 is 2.17 bits per heavy atom. The molecule has 2 atom stereocenters. The Bertz CT molecular complexity index is 750. The van der Waals surface area contributed by atoms with E-state index in [4.69, 9.17) is 0 Å². The summed E-state index contributed by atoms with van der Waals surface area (Å²) in [6, 6.07) is 8.99. The minimum Gasteiger partial charge on any atom is -0.312 e. The average molecular weight is 364 g/mol. The first-order chi connectivity index (χ1) is 11.6. The number of para-hydroxylation sites is 1. The number of halogens is 1. The van der Waals surface area contributed by atoms with Crippen LogP contribution in [0.3, 0.4) is 0 Å². The molecule has 0 fully saturated rings. The number of amides is 1. The molecule has 2 aromatic rings. The predicted octanol–water partition coefficient (Wildman–Crippen LogP) is 3.21. The van der Waals surface area contributed by atoms with E-state index in [2.05, 4.69) is 16.3 Å². The number of carbonyl (C=O) groups excluding carboxylic acids is 1. The minimum atomic E-state index is -1.74. The molecule has 2 unspecified atom stereocenters. The fraction of sp³-hybridized carbons (Fsp3) is 0.312. The quantitative estimate of drug-likeness (QED) is 0.763. The van der Waals surface area contributed by atoms with Crippen molar-refractivity contribution in [3.8, 4) is 0 Å². The van der Waals surface area contributed by atoms with Gasteiger partial charge in [0.1, 0.15) is 5.82 Å². The van der Waals surface area contributed by atoms with Gasteiger partial charge in [-0.25, -0.2) is 4.39 Å². The van der Waals surface area contributed by atoms with Crippen LogP contribution in [0.1, 0.15) is 11.7 Å². The monoisotopic (exact) mass is 364 g/mol. The minimum absolute atomic E-state index is 0.183. The molecule has 1 aromatic heterocycles. The molecule has 3 rings (SSSR count). The van der Waals surface area contributed by atoms with Gasteiger partial charge in [0.05, 0.1) is 0 Å². The lowest BCUT2D eigenvalue weighted by atomic mass is 10.2. The number of anilines is 1. The summed E-state index contributed by atoms with van der Waals surface area (Å²) in [6.07, 6.45) is 2.06. The Labute approximate surface area is 148 Å². The topological polar surface area (TPSA) is 51.0 Å². The Hall–Kier alpha value is -1.80. The zero-order chi connectivity index (χ0) is 17.1. The molecule has 1 aromatic carbocycles. The molecule has 1 aliphatic rings. The van der Waals surface area contributed by atoms with Crippen molar-refractivity contribution in [1.82, 2.24) is 14.8 Å². The number of benzene rings is 1. The molecule has 0 N–H and O–H groups in total. The normalized spacial score (nSPS) is 17.9. The number of hydrogen-bond acceptors (Lipinski definition) is 5. The van der Waals surface area contributed by atoms with Crippen molar-refractivity contribution in [3.05, 3.63) is 47.6 Å². The smallest absolute Gasteiger partial charge is 0.272 e. The zero-order valence-electron chi connectivity index (χ0n) is 13.3. The van der Waals surface area contributed by atoms with Gasteiger partial charge in [0.2, 0.25) is 5.50 Å². The molecule has 1 aliphatic heterocycles. The molecule has 0 saturated heterocycles. The molecule has 0 bridgehead atoms. The van der Waals surface area contributed by atoms with E-state index >= 15 is 0 Å². The number of allylic oxidation sites excluding steroid dienone is 1. The van der Waals surface area contributed by atoms with Gasteiger partial charge < -0.3 is 9.47 Å². The average Bonchev–Trinajstić information content (AvgIpc) is 3.25. The SMILES string of the molecule is CN(C(=O)C(F)Sc1nnc(C2C=CSC2)n1C)c1ccccc1. The summed E-state index contributed by atoms with van der Waals surface area (Å²) in [7, 11) is 3.36. The summed E-state index contributed by atoms with van der Waals surface area (Å²) in [5.74, 6) is 1.26. The third-order valence-corrected chi connectivity index (χ3v) is 5.64. The van der Waals surface area contributed by atoms with Crippen LogP contribution in [0, 0.1) is 0 Å². The van der Waals surface area contributed by atoms with Crippen molar-refractivity contribution in [2.24, 2.45) is 7.05 Å². The largest absolute Gasteiger partial charge is 0.312 e. The van der Waals surface area contributed by atoms with E-state index in [9.17, 15) is 9.18 Å². The molecule has 5 nitrogen and oxygen atoms in total. The molecule has 2 heterocycles. The summed E-state index contributed by atoms with van der Waals surface area (Å²) >= 11 is 2.49. The summed E-state index contributed by atoms with van der Waals surface area (Å²) in [5, 5.41) is 10.6. The van der Waals surface area contributed by atoms with Crippen molar-refractivity contribution in [2.75, 3.05) is 17.7 Å². The molecule has 0 aliphatic carbocycles. The zero-order valence-corrected chi connectivity index (χ0v) is 14.9. The second kappa shape index (κ2) is 7.40. The van der Waals surface area contributed by atoms with Gasteiger partial charge in [-0.2, -0.15) is 0 Å². The van der Waals surface area contributed by atoms with Gasteiger partial charge in [-0.3, -0.25) is 4.79 Å². The van der Waals surface area contributed by atoms with Crippen LogP contribution < -0.4 is 4.90 Å². The standard InChI is InChI=1S/C16H17FN4OS2/c1-20(12-6-4-3-5-7-12)15(22)13(17)24-16-19-18-14(21(16)2)11-8-9-23-10-11/h3-9,11,13H,10H2,1-2H3. The Morgan fingerprint density at radius 3 is 2.83 bits per heavy atom. The molecular weight excluding hydrogens is 347 g/mol. The van der Waals surface area contributed by atoms with Gasteiger partial charge >= 0.3 is 0 Å². The highest BCUT2D eigenvalue weighted by atomic mass is 32.2.